The zero-order valence-electron chi connectivity index (χ0n) is 14.7. The van der Waals surface area contributed by atoms with Gasteiger partial charge in [0.05, 0.1) is 6.20 Å². The van der Waals surface area contributed by atoms with Crippen LogP contribution in [0.4, 0.5) is 0 Å². The summed E-state index contributed by atoms with van der Waals surface area (Å²) in [6.45, 7) is 1.57. The molecule has 2 heterocycles. The standard InChI is InChI=1S/C22H22N2O2/c25-22(21-10-13-23-26-21)24-14-11-18(12-15-24)16-17-6-8-20(9-7-17)19-4-2-1-3-5-19/h1-10,13,18H,11-12,14-16H2. The van der Waals surface area contributed by atoms with Crippen LogP contribution >= 0.6 is 0 Å². The third-order valence-corrected chi connectivity index (χ3v) is 5.14. The molecule has 3 aromatic rings. The molecule has 0 saturated carbocycles. The molecule has 4 nitrogen and oxygen atoms in total. The summed E-state index contributed by atoms with van der Waals surface area (Å²) in [7, 11) is 0. The smallest absolute Gasteiger partial charge is 0.292 e. The minimum atomic E-state index is -0.0480. The predicted octanol–water partition coefficient (Wildman–Crippen LogP) is 4.44. The van der Waals surface area contributed by atoms with E-state index in [9.17, 15) is 4.79 Å². The van der Waals surface area contributed by atoms with Crippen LogP contribution in [0.25, 0.3) is 11.1 Å². The maximum atomic E-state index is 12.3. The maximum absolute atomic E-state index is 12.3. The van der Waals surface area contributed by atoms with Crippen LogP contribution in [0.3, 0.4) is 0 Å². The molecule has 0 aliphatic carbocycles. The largest absolute Gasteiger partial charge is 0.351 e. The van der Waals surface area contributed by atoms with E-state index >= 15 is 0 Å². The second-order valence-corrected chi connectivity index (χ2v) is 6.88. The van der Waals surface area contributed by atoms with Crippen LogP contribution < -0.4 is 0 Å². The first-order valence-corrected chi connectivity index (χ1v) is 9.14. The van der Waals surface area contributed by atoms with Crippen molar-refractivity contribution in [1.82, 2.24) is 10.1 Å². The molecule has 132 valence electrons. The summed E-state index contributed by atoms with van der Waals surface area (Å²) in [5.74, 6) is 0.907. The minimum Gasteiger partial charge on any atom is -0.351 e. The van der Waals surface area contributed by atoms with Crippen molar-refractivity contribution in [2.45, 2.75) is 19.3 Å². The Kier molecular flexibility index (Phi) is 4.82. The van der Waals surface area contributed by atoms with Crippen molar-refractivity contribution in [3.63, 3.8) is 0 Å². The molecule has 0 atom stereocenters. The van der Waals surface area contributed by atoms with E-state index in [0.29, 0.717) is 11.7 Å². The average molecular weight is 346 g/mol. The van der Waals surface area contributed by atoms with Crippen LogP contribution in [0.5, 0.6) is 0 Å². The third-order valence-electron chi connectivity index (χ3n) is 5.14. The Morgan fingerprint density at radius 3 is 2.31 bits per heavy atom. The van der Waals surface area contributed by atoms with Crippen molar-refractivity contribution in [1.29, 1.82) is 0 Å². The first kappa shape index (κ1) is 16.6. The minimum absolute atomic E-state index is 0.0480. The average Bonchev–Trinajstić information content (AvgIpc) is 3.24. The van der Waals surface area contributed by atoms with Gasteiger partial charge in [0.25, 0.3) is 5.91 Å². The summed E-state index contributed by atoms with van der Waals surface area (Å²) in [5.41, 5.74) is 3.87. The zero-order chi connectivity index (χ0) is 17.8. The Bertz CT molecular complexity index is 834. The van der Waals surface area contributed by atoms with Crippen molar-refractivity contribution in [2.24, 2.45) is 5.92 Å². The van der Waals surface area contributed by atoms with Gasteiger partial charge in [0, 0.05) is 19.2 Å². The molecule has 0 N–H and O–H groups in total. The second-order valence-electron chi connectivity index (χ2n) is 6.88. The van der Waals surface area contributed by atoms with Crippen LogP contribution in [0, 0.1) is 5.92 Å². The quantitative estimate of drug-likeness (QED) is 0.702. The lowest BCUT2D eigenvalue weighted by molar-refractivity contribution is 0.0649. The highest BCUT2D eigenvalue weighted by Gasteiger charge is 2.25. The molecule has 26 heavy (non-hydrogen) atoms. The van der Waals surface area contributed by atoms with E-state index < -0.39 is 0 Å². The van der Waals surface area contributed by atoms with Crippen LogP contribution in [-0.2, 0) is 6.42 Å². The summed E-state index contributed by atoms with van der Waals surface area (Å²) in [6.07, 6.45) is 4.64. The number of benzene rings is 2. The number of carbonyl (C=O) groups is 1. The fourth-order valence-corrected chi connectivity index (χ4v) is 3.62. The van der Waals surface area contributed by atoms with E-state index in [2.05, 4.69) is 53.7 Å². The zero-order valence-corrected chi connectivity index (χ0v) is 14.7. The number of nitrogens with zero attached hydrogens (tertiary/aromatic N) is 2. The van der Waals surface area contributed by atoms with E-state index in [-0.39, 0.29) is 5.91 Å². The molecule has 0 spiro atoms. The van der Waals surface area contributed by atoms with E-state index in [1.165, 1.54) is 22.9 Å². The molecule has 1 aliphatic rings. The highest BCUT2D eigenvalue weighted by Crippen LogP contribution is 2.25. The van der Waals surface area contributed by atoms with Gasteiger partial charge in [-0.2, -0.15) is 0 Å². The van der Waals surface area contributed by atoms with Gasteiger partial charge >= 0.3 is 0 Å². The molecule has 4 rings (SSSR count). The number of hydrogen-bond donors (Lipinski definition) is 0. The van der Waals surface area contributed by atoms with Gasteiger partial charge in [-0.05, 0) is 41.9 Å². The number of hydrogen-bond acceptors (Lipinski definition) is 3. The lowest BCUT2D eigenvalue weighted by Crippen LogP contribution is -2.38. The Balaban J connectivity index is 1.32. The lowest BCUT2D eigenvalue weighted by Gasteiger charge is -2.31. The number of likely N-dealkylation sites (tertiary alicyclic amines) is 1. The molecule has 1 aromatic heterocycles. The summed E-state index contributed by atoms with van der Waals surface area (Å²) < 4.78 is 4.98. The molecule has 1 saturated heterocycles. The molecule has 0 radical (unpaired) electrons. The van der Waals surface area contributed by atoms with Gasteiger partial charge in [0.1, 0.15) is 0 Å². The van der Waals surface area contributed by atoms with E-state index in [1.807, 2.05) is 11.0 Å². The predicted molar refractivity (Wildman–Crippen MR) is 101 cm³/mol. The Morgan fingerprint density at radius 1 is 0.962 bits per heavy atom. The molecule has 1 fully saturated rings. The number of amides is 1. The van der Waals surface area contributed by atoms with Crippen LogP contribution in [0.2, 0.25) is 0 Å². The SMILES string of the molecule is O=C(c1ccno1)N1CCC(Cc2ccc(-c3ccccc3)cc2)CC1. The maximum Gasteiger partial charge on any atom is 0.292 e. The van der Waals surface area contributed by atoms with Crippen molar-refractivity contribution in [3.8, 4) is 11.1 Å². The highest BCUT2D eigenvalue weighted by atomic mass is 16.5. The van der Waals surface area contributed by atoms with E-state index in [4.69, 9.17) is 4.52 Å². The van der Waals surface area contributed by atoms with Gasteiger partial charge in [-0.25, -0.2) is 0 Å². The topological polar surface area (TPSA) is 46.3 Å². The fourth-order valence-electron chi connectivity index (χ4n) is 3.62. The monoisotopic (exact) mass is 346 g/mol. The van der Waals surface area contributed by atoms with Gasteiger partial charge in [0.15, 0.2) is 0 Å². The fraction of sp³-hybridized carbons (Fsp3) is 0.273. The number of carbonyl (C=O) groups excluding carboxylic acids is 1. The molecule has 4 heteroatoms. The Hall–Kier alpha value is -2.88. The summed E-state index contributed by atoms with van der Waals surface area (Å²) in [4.78, 5) is 14.2. The molecule has 2 aromatic carbocycles. The normalized spacial score (nSPS) is 15.2. The number of rotatable bonds is 4. The first-order chi connectivity index (χ1) is 12.8. The van der Waals surface area contributed by atoms with Gasteiger partial charge in [-0.3, -0.25) is 4.79 Å². The van der Waals surface area contributed by atoms with Gasteiger partial charge in [0.2, 0.25) is 5.76 Å². The molecular formula is C22H22N2O2. The molecule has 0 bridgehead atoms. The number of piperidine rings is 1. The molecule has 1 aliphatic heterocycles. The van der Waals surface area contributed by atoms with Crippen molar-refractivity contribution >= 4 is 5.91 Å². The van der Waals surface area contributed by atoms with Gasteiger partial charge in [-0.1, -0.05) is 59.8 Å². The van der Waals surface area contributed by atoms with E-state index in [0.717, 1.165) is 32.4 Å². The van der Waals surface area contributed by atoms with Crippen LogP contribution in [-0.4, -0.2) is 29.1 Å². The molecular weight excluding hydrogens is 324 g/mol. The number of aromatic nitrogens is 1. The van der Waals surface area contributed by atoms with Crippen molar-refractivity contribution < 1.29 is 9.32 Å². The Morgan fingerprint density at radius 2 is 1.65 bits per heavy atom. The van der Waals surface area contributed by atoms with Gasteiger partial charge < -0.3 is 9.42 Å². The third kappa shape index (κ3) is 3.69. The summed E-state index contributed by atoms with van der Waals surface area (Å²) >= 11 is 0. The molecule has 1 amide bonds. The second kappa shape index (κ2) is 7.56. The summed E-state index contributed by atoms with van der Waals surface area (Å²) in [5, 5.41) is 3.62. The first-order valence-electron chi connectivity index (χ1n) is 9.14. The molecule has 0 unspecified atom stereocenters. The van der Waals surface area contributed by atoms with E-state index in [1.54, 1.807) is 6.07 Å². The van der Waals surface area contributed by atoms with Crippen molar-refractivity contribution in [3.05, 3.63) is 78.2 Å². The van der Waals surface area contributed by atoms with Gasteiger partial charge in [-0.15, -0.1) is 0 Å². The summed E-state index contributed by atoms with van der Waals surface area (Å²) in [6, 6.07) is 20.9. The lowest BCUT2D eigenvalue weighted by atomic mass is 9.89. The van der Waals surface area contributed by atoms with Crippen LogP contribution in [0.15, 0.2) is 71.4 Å². The van der Waals surface area contributed by atoms with Crippen molar-refractivity contribution in [2.75, 3.05) is 13.1 Å². The highest BCUT2D eigenvalue weighted by molar-refractivity contribution is 5.91. The Labute approximate surface area is 153 Å². The van der Waals surface area contributed by atoms with Crippen LogP contribution in [0.1, 0.15) is 29.0 Å².